The van der Waals surface area contributed by atoms with E-state index in [1.54, 1.807) is 14.2 Å². The summed E-state index contributed by atoms with van der Waals surface area (Å²) >= 11 is 3.98. The van der Waals surface area contributed by atoms with Crippen LogP contribution in [0.2, 0.25) is 0 Å². The number of ether oxygens (including phenoxy) is 2. The van der Waals surface area contributed by atoms with Gasteiger partial charge in [-0.15, -0.1) is 0 Å². The highest BCUT2D eigenvalue weighted by Crippen LogP contribution is 2.56. The fourth-order valence-electron chi connectivity index (χ4n) is 3.79. The Labute approximate surface area is 190 Å². The third kappa shape index (κ3) is 5.17. The van der Waals surface area contributed by atoms with E-state index in [0.29, 0.717) is 11.7 Å². The molecule has 0 N–H and O–H groups in total. The topological polar surface area (TPSA) is 21.7 Å². The lowest BCUT2D eigenvalue weighted by Crippen LogP contribution is -2.26. The summed E-state index contributed by atoms with van der Waals surface area (Å²) in [5.74, 6) is 1.93. The third-order valence-electron chi connectivity index (χ3n) is 5.74. The van der Waals surface area contributed by atoms with E-state index in [4.69, 9.17) is 9.47 Å². The van der Waals surface area contributed by atoms with Crippen molar-refractivity contribution in [2.45, 2.75) is 30.9 Å². The average molecular weight is 488 g/mol. The maximum Gasteiger partial charge on any atom is 0.122 e. The molecule has 160 valence electrons. The molecular formula is C25H31BrNO2P. The van der Waals surface area contributed by atoms with Crippen LogP contribution in [-0.4, -0.2) is 44.9 Å². The minimum absolute atomic E-state index is 0.370. The normalized spacial score (nSPS) is 17.1. The minimum atomic E-state index is -0.438. The zero-order valence-corrected chi connectivity index (χ0v) is 20.9. The van der Waals surface area contributed by atoms with Crippen LogP contribution in [0, 0.1) is 0 Å². The van der Waals surface area contributed by atoms with Gasteiger partial charge in [0, 0.05) is 16.2 Å². The van der Waals surface area contributed by atoms with Gasteiger partial charge >= 0.3 is 0 Å². The molecule has 1 aliphatic rings. The Hall–Kier alpha value is -1.61. The van der Waals surface area contributed by atoms with Gasteiger partial charge in [-0.2, -0.15) is 0 Å². The standard InChI is InChI=1S/C25H31BrNO2P/c1-18(27(2)3)21-14-15-24(25(21)26)30(16-19-10-6-8-12-22(19)28-4)17-20-11-7-9-13-23(20)29-5/h6-15,18,24H,16-17H2,1-5H3. The molecule has 0 saturated heterocycles. The molecule has 0 heterocycles. The van der Waals surface area contributed by atoms with E-state index in [9.17, 15) is 0 Å². The first kappa shape index (κ1) is 23.1. The predicted octanol–water partition coefficient (Wildman–Crippen LogP) is 6.42. The maximum atomic E-state index is 5.66. The summed E-state index contributed by atoms with van der Waals surface area (Å²) in [5.41, 5.74) is 4.29. The molecule has 0 aliphatic heterocycles. The number of likely N-dealkylation sites (N-methyl/N-ethyl adjacent to an activating group) is 1. The van der Waals surface area contributed by atoms with Crippen LogP contribution >= 0.6 is 23.9 Å². The molecule has 0 radical (unpaired) electrons. The molecule has 0 saturated carbocycles. The number of para-hydroxylation sites is 2. The second kappa shape index (κ2) is 10.6. The Morgan fingerprint density at radius 3 is 1.90 bits per heavy atom. The van der Waals surface area contributed by atoms with Gasteiger partial charge in [0.15, 0.2) is 0 Å². The zero-order chi connectivity index (χ0) is 21.7. The molecule has 0 aromatic heterocycles. The number of allylic oxidation sites excluding steroid dienone is 2. The molecule has 30 heavy (non-hydrogen) atoms. The quantitative estimate of drug-likeness (QED) is 0.380. The van der Waals surface area contributed by atoms with Gasteiger partial charge in [-0.25, -0.2) is 0 Å². The van der Waals surface area contributed by atoms with E-state index in [2.05, 4.69) is 90.4 Å². The van der Waals surface area contributed by atoms with Crippen LogP contribution in [0.4, 0.5) is 0 Å². The highest BCUT2D eigenvalue weighted by atomic mass is 79.9. The van der Waals surface area contributed by atoms with E-state index in [1.165, 1.54) is 21.2 Å². The summed E-state index contributed by atoms with van der Waals surface area (Å²) in [6, 6.07) is 17.1. The van der Waals surface area contributed by atoms with Crippen LogP contribution in [0.5, 0.6) is 11.5 Å². The summed E-state index contributed by atoms with van der Waals surface area (Å²) in [4.78, 5) is 2.26. The first-order valence-corrected chi connectivity index (χ1v) is 12.8. The van der Waals surface area contributed by atoms with Crippen molar-refractivity contribution in [2.75, 3.05) is 28.3 Å². The fourth-order valence-corrected chi connectivity index (χ4v) is 7.97. The van der Waals surface area contributed by atoms with Crippen LogP contribution in [0.3, 0.4) is 0 Å². The van der Waals surface area contributed by atoms with Crippen molar-refractivity contribution < 1.29 is 9.47 Å². The van der Waals surface area contributed by atoms with Crippen LogP contribution in [0.25, 0.3) is 0 Å². The minimum Gasteiger partial charge on any atom is -0.496 e. The third-order valence-corrected chi connectivity index (χ3v) is 9.76. The van der Waals surface area contributed by atoms with E-state index in [1.807, 2.05) is 12.1 Å². The van der Waals surface area contributed by atoms with Gasteiger partial charge in [0.2, 0.25) is 0 Å². The van der Waals surface area contributed by atoms with Crippen molar-refractivity contribution in [3.8, 4) is 11.5 Å². The Kier molecular flexibility index (Phi) is 8.16. The Bertz CT molecular complexity index is 875. The first-order valence-electron chi connectivity index (χ1n) is 10.2. The Morgan fingerprint density at radius 1 is 0.933 bits per heavy atom. The van der Waals surface area contributed by atoms with E-state index < -0.39 is 7.92 Å². The van der Waals surface area contributed by atoms with Crippen LogP contribution < -0.4 is 9.47 Å². The lowest BCUT2D eigenvalue weighted by atomic mass is 10.1. The molecule has 5 heteroatoms. The number of hydrogen-bond acceptors (Lipinski definition) is 3. The molecule has 2 atom stereocenters. The van der Waals surface area contributed by atoms with Gasteiger partial charge in [-0.1, -0.05) is 72.4 Å². The fraction of sp³-hybridized carbons (Fsp3) is 0.360. The number of benzene rings is 2. The van der Waals surface area contributed by atoms with Crippen molar-refractivity contribution in [1.29, 1.82) is 0 Å². The van der Waals surface area contributed by atoms with Gasteiger partial charge in [0.05, 0.1) is 14.2 Å². The maximum absolute atomic E-state index is 5.66. The van der Waals surface area contributed by atoms with Gasteiger partial charge in [-0.05, 0) is 62.2 Å². The summed E-state index contributed by atoms with van der Waals surface area (Å²) in [6.07, 6.45) is 6.67. The second-order valence-corrected chi connectivity index (χ2v) is 11.0. The summed E-state index contributed by atoms with van der Waals surface area (Å²) in [6.45, 7) is 2.26. The smallest absolute Gasteiger partial charge is 0.122 e. The molecule has 2 unspecified atom stereocenters. The monoisotopic (exact) mass is 487 g/mol. The molecule has 0 fully saturated rings. The van der Waals surface area contributed by atoms with Crippen molar-refractivity contribution in [3.05, 3.63) is 81.9 Å². The number of methoxy groups -OCH3 is 2. The summed E-state index contributed by atoms with van der Waals surface area (Å²) in [5, 5.41) is 0. The highest BCUT2D eigenvalue weighted by Gasteiger charge is 2.30. The molecule has 2 aromatic rings. The van der Waals surface area contributed by atoms with Crippen LogP contribution in [0.15, 0.2) is 70.7 Å². The van der Waals surface area contributed by atoms with Gasteiger partial charge in [0.1, 0.15) is 11.5 Å². The van der Waals surface area contributed by atoms with Crippen molar-refractivity contribution in [2.24, 2.45) is 0 Å². The molecule has 1 aliphatic carbocycles. The predicted molar refractivity (Wildman–Crippen MR) is 132 cm³/mol. The molecule has 3 nitrogen and oxygen atoms in total. The first-order chi connectivity index (χ1) is 14.5. The van der Waals surface area contributed by atoms with Crippen LogP contribution in [0.1, 0.15) is 18.1 Å². The molecule has 0 spiro atoms. The number of hydrogen-bond donors (Lipinski definition) is 0. The Morgan fingerprint density at radius 2 is 1.43 bits per heavy atom. The molecule has 2 aromatic carbocycles. The summed E-state index contributed by atoms with van der Waals surface area (Å²) in [7, 11) is 7.33. The van der Waals surface area contributed by atoms with Gasteiger partial charge in [0.25, 0.3) is 0 Å². The SMILES string of the molecule is COc1ccccc1CP(Cc1ccccc1OC)C1C=CC(C(C)N(C)C)=C1Br. The van der Waals surface area contributed by atoms with Crippen molar-refractivity contribution in [1.82, 2.24) is 4.90 Å². The number of rotatable bonds is 9. The number of nitrogens with zero attached hydrogens (tertiary/aromatic N) is 1. The Balaban J connectivity index is 1.97. The van der Waals surface area contributed by atoms with Gasteiger partial charge in [-0.3, -0.25) is 0 Å². The van der Waals surface area contributed by atoms with E-state index in [-0.39, 0.29) is 0 Å². The molecule has 0 bridgehead atoms. The zero-order valence-electron chi connectivity index (χ0n) is 18.4. The van der Waals surface area contributed by atoms with E-state index >= 15 is 0 Å². The molecule has 0 amide bonds. The molecular weight excluding hydrogens is 457 g/mol. The van der Waals surface area contributed by atoms with Crippen LogP contribution in [-0.2, 0) is 12.3 Å². The number of halogens is 1. The van der Waals surface area contributed by atoms with E-state index in [0.717, 1.165) is 23.8 Å². The average Bonchev–Trinajstić information content (AvgIpc) is 3.14. The molecule has 3 rings (SSSR count). The lowest BCUT2D eigenvalue weighted by molar-refractivity contribution is 0.355. The van der Waals surface area contributed by atoms with Gasteiger partial charge < -0.3 is 14.4 Å². The lowest BCUT2D eigenvalue weighted by Gasteiger charge is -2.27. The van der Waals surface area contributed by atoms with Crippen molar-refractivity contribution >= 4 is 23.9 Å². The highest BCUT2D eigenvalue weighted by molar-refractivity contribution is 9.11. The van der Waals surface area contributed by atoms with Crippen molar-refractivity contribution in [3.63, 3.8) is 0 Å². The summed E-state index contributed by atoms with van der Waals surface area (Å²) < 4.78 is 12.6. The second-order valence-electron chi connectivity index (χ2n) is 7.78. The largest absolute Gasteiger partial charge is 0.496 e.